The van der Waals surface area contributed by atoms with Gasteiger partial charge in [0.05, 0.1) is 6.61 Å². The van der Waals surface area contributed by atoms with Crippen LogP contribution in [0.3, 0.4) is 0 Å². The highest BCUT2D eigenvalue weighted by Crippen LogP contribution is 2.14. The van der Waals surface area contributed by atoms with Gasteiger partial charge in [-0.05, 0) is 31.4 Å². The number of hydrogen-bond acceptors (Lipinski definition) is 4. The second kappa shape index (κ2) is 6.80. The Bertz CT molecular complexity index is 334. The minimum Gasteiger partial charge on any atom is -0.491 e. The molecular formula is C11H14N2O2. The molecule has 0 saturated heterocycles. The molecule has 0 amide bonds. The summed E-state index contributed by atoms with van der Waals surface area (Å²) in [6.45, 7) is 0.775. The van der Waals surface area contributed by atoms with Crippen LogP contribution in [0.2, 0.25) is 0 Å². The Kier molecular flexibility index (Phi) is 5.20. The van der Waals surface area contributed by atoms with Gasteiger partial charge in [0.2, 0.25) is 0 Å². The van der Waals surface area contributed by atoms with Gasteiger partial charge in [-0.3, -0.25) is 0 Å². The molecule has 0 aliphatic rings. The summed E-state index contributed by atoms with van der Waals surface area (Å²) in [6.07, 6.45) is 4.16. The zero-order chi connectivity index (χ0) is 10.9. The van der Waals surface area contributed by atoms with Crippen molar-refractivity contribution in [3.8, 4) is 11.8 Å². The minimum atomic E-state index is 0.219. The fourth-order valence-electron chi connectivity index (χ4n) is 1.16. The van der Waals surface area contributed by atoms with E-state index in [1.165, 1.54) is 0 Å². The van der Waals surface area contributed by atoms with Crippen LogP contribution in [0.15, 0.2) is 18.3 Å². The lowest BCUT2D eigenvalue weighted by molar-refractivity contribution is 0.265. The Morgan fingerprint density at radius 2 is 2.27 bits per heavy atom. The summed E-state index contributed by atoms with van der Waals surface area (Å²) in [5, 5.41) is 17.3. The second-order valence-electron chi connectivity index (χ2n) is 3.09. The lowest BCUT2D eigenvalue weighted by Gasteiger charge is -2.05. The van der Waals surface area contributed by atoms with Crippen LogP contribution >= 0.6 is 0 Å². The summed E-state index contributed by atoms with van der Waals surface area (Å²) in [4.78, 5) is 3.89. The summed E-state index contributed by atoms with van der Waals surface area (Å²) in [5.41, 5.74) is 0.319. The molecule has 0 unspecified atom stereocenters. The molecule has 1 aromatic rings. The molecule has 0 radical (unpaired) electrons. The molecule has 0 fully saturated rings. The van der Waals surface area contributed by atoms with Crippen molar-refractivity contribution in [2.45, 2.75) is 19.3 Å². The molecule has 1 aromatic heterocycles. The van der Waals surface area contributed by atoms with Gasteiger partial charge in [-0.15, -0.1) is 0 Å². The average Bonchev–Trinajstić information content (AvgIpc) is 2.29. The van der Waals surface area contributed by atoms with Gasteiger partial charge in [-0.25, -0.2) is 4.98 Å². The van der Waals surface area contributed by atoms with E-state index >= 15 is 0 Å². The molecule has 4 nitrogen and oxygen atoms in total. The Morgan fingerprint density at radius 3 is 3.00 bits per heavy atom. The van der Waals surface area contributed by atoms with Crippen LogP contribution in [0.25, 0.3) is 0 Å². The van der Waals surface area contributed by atoms with Gasteiger partial charge in [-0.2, -0.15) is 5.26 Å². The number of unbranched alkanes of at least 4 members (excludes halogenated alkanes) is 2. The lowest BCUT2D eigenvalue weighted by Crippen LogP contribution is -2.00. The first-order valence-corrected chi connectivity index (χ1v) is 4.97. The van der Waals surface area contributed by atoms with Gasteiger partial charge in [0, 0.05) is 12.8 Å². The molecule has 80 valence electrons. The number of aromatic nitrogens is 1. The topological polar surface area (TPSA) is 66.1 Å². The monoisotopic (exact) mass is 206 g/mol. The number of rotatable bonds is 6. The lowest BCUT2D eigenvalue weighted by atomic mass is 10.2. The van der Waals surface area contributed by atoms with Crippen molar-refractivity contribution in [3.05, 3.63) is 24.0 Å². The number of ether oxygens (including phenoxy) is 1. The van der Waals surface area contributed by atoms with Gasteiger partial charge in [0.25, 0.3) is 0 Å². The van der Waals surface area contributed by atoms with Crippen molar-refractivity contribution < 1.29 is 9.84 Å². The molecule has 0 atom stereocenters. The van der Waals surface area contributed by atoms with Crippen molar-refractivity contribution in [1.29, 1.82) is 5.26 Å². The van der Waals surface area contributed by atoms with Gasteiger partial charge >= 0.3 is 0 Å². The predicted molar refractivity (Wildman–Crippen MR) is 55.4 cm³/mol. The Morgan fingerprint density at radius 1 is 1.40 bits per heavy atom. The fourth-order valence-corrected chi connectivity index (χ4v) is 1.16. The molecular weight excluding hydrogens is 192 g/mol. The van der Waals surface area contributed by atoms with E-state index < -0.39 is 0 Å². The average molecular weight is 206 g/mol. The van der Waals surface area contributed by atoms with Crippen LogP contribution in [0.1, 0.15) is 25.0 Å². The largest absolute Gasteiger partial charge is 0.491 e. The zero-order valence-electron chi connectivity index (χ0n) is 8.52. The van der Waals surface area contributed by atoms with Crippen LogP contribution in [0.5, 0.6) is 5.75 Å². The number of nitriles is 1. The van der Waals surface area contributed by atoms with Crippen LogP contribution in [-0.4, -0.2) is 23.3 Å². The number of pyridine rings is 1. The van der Waals surface area contributed by atoms with E-state index in [2.05, 4.69) is 4.98 Å². The van der Waals surface area contributed by atoms with Crippen LogP contribution in [-0.2, 0) is 0 Å². The van der Waals surface area contributed by atoms with Gasteiger partial charge in [0.15, 0.2) is 11.4 Å². The Labute approximate surface area is 89.1 Å². The zero-order valence-corrected chi connectivity index (χ0v) is 8.52. The first kappa shape index (κ1) is 11.5. The smallest absolute Gasteiger partial charge is 0.182 e. The summed E-state index contributed by atoms with van der Waals surface area (Å²) in [6, 6.07) is 5.45. The SMILES string of the molecule is N#Cc1ncccc1OCCCCCO. The van der Waals surface area contributed by atoms with E-state index in [-0.39, 0.29) is 6.61 Å². The summed E-state index contributed by atoms with van der Waals surface area (Å²) in [7, 11) is 0. The van der Waals surface area contributed by atoms with Crippen LogP contribution < -0.4 is 4.74 Å². The highest BCUT2D eigenvalue weighted by atomic mass is 16.5. The molecule has 15 heavy (non-hydrogen) atoms. The third-order valence-corrected chi connectivity index (χ3v) is 1.94. The third-order valence-electron chi connectivity index (χ3n) is 1.94. The summed E-state index contributed by atoms with van der Waals surface area (Å²) >= 11 is 0. The van der Waals surface area contributed by atoms with E-state index in [9.17, 15) is 0 Å². The molecule has 1 N–H and O–H groups in total. The van der Waals surface area contributed by atoms with Crippen molar-refractivity contribution in [2.24, 2.45) is 0 Å². The fraction of sp³-hybridized carbons (Fsp3) is 0.455. The van der Waals surface area contributed by atoms with E-state index in [0.717, 1.165) is 19.3 Å². The molecule has 0 saturated carbocycles. The number of nitrogens with zero attached hydrogens (tertiary/aromatic N) is 2. The van der Waals surface area contributed by atoms with Gasteiger partial charge in [0.1, 0.15) is 6.07 Å². The van der Waals surface area contributed by atoms with Crippen molar-refractivity contribution in [2.75, 3.05) is 13.2 Å². The highest BCUT2D eigenvalue weighted by Gasteiger charge is 2.02. The minimum absolute atomic E-state index is 0.219. The Balaban J connectivity index is 2.34. The van der Waals surface area contributed by atoms with Crippen molar-refractivity contribution >= 4 is 0 Å². The van der Waals surface area contributed by atoms with E-state index in [1.54, 1.807) is 18.3 Å². The summed E-state index contributed by atoms with van der Waals surface area (Å²) < 4.78 is 5.41. The second-order valence-corrected chi connectivity index (χ2v) is 3.09. The third kappa shape index (κ3) is 3.96. The molecule has 0 aliphatic carbocycles. The molecule has 0 aliphatic heterocycles. The van der Waals surface area contributed by atoms with Crippen LogP contribution in [0.4, 0.5) is 0 Å². The maximum Gasteiger partial charge on any atom is 0.182 e. The predicted octanol–water partition coefficient (Wildman–Crippen LogP) is 1.49. The van der Waals surface area contributed by atoms with Gasteiger partial charge < -0.3 is 9.84 Å². The van der Waals surface area contributed by atoms with E-state index in [4.69, 9.17) is 15.1 Å². The molecule has 1 heterocycles. The maximum atomic E-state index is 8.73. The van der Waals surface area contributed by atoms with Gasteiger partial charge in [-0.1, -0.05) is 0 Å². The first-order chi connectivity index (χ1) is 7.38. The van der Waals surface area contributed by atoms with E-state index in [0.29, 0.717) is 18.1 Å². The number of aliphatic hydroxyl groups is 1. The van der Waals surface area contributed by atoms with Crippen molar-refractivity contribution in [3.63, 3.8) is 0 Å². The van der Waals surface area contributed by atoms with Crippen molar-refractivity contribution in [1.82, 2.24) is 4.98 Å². The highest BCUT2D eigenvalue weighted by molar-refractivity contribution is 5.36. The first-order valence-electron chi connectivity index (χ1n) is 4.97. The number of hydrogen-bond donors (Lipinski definition) is 1. The molecule has 0 bridgehead atoms. The Hall–Kier alpha value is -1.60. The van der Waals surface area contributed by atoms with Crippen LogP contribution in [0, 0.1) is 11.3 Å². The summed E-state index contributed by atoms with van der Waals surface area (Å²) in [5.74, 6) is 0.531. The molecule has 1 rings (SSSR count). The quantitative estimate of drug-likeness (QED) is 0.716. The van der Waals surface area contributed by atoms with E-state index in [1.807, 2.05) is 6.07 Å². The maximum absolute atomic E-state index is 8.73. The molecule has 4 heteroatoms. The number of aliphatic hydroxyl groups excluding tert-OH is 1. The molecule has 0 aromatic carbocycles. The molecule has 0 spiro atoms. The normalized spacial score (nSPS) is 9.60. The standard InChI is InChI=1S/C11H14N2O2/c12-9-10-11(5-4-6-13-10)15-8-3-1-2-7-14/h4-6,14H,1-3,7-8H2.